The minimum absolute atomic E-state index is 0.0639. The monoisotopic (exact) mass is 413 g/mol. The molecule has 3 aromatic rings. The summed E-state index contributed by atoms with van der Waals surface area (Å²) in [6.45, 7) is 2.06. The van der Waals surface area contributed by atoms with E-state index in [9.17, 15) is 4.79 Å². The van der Waals surface area contributed by atoms with E-state index in [2.05, 4.69) is 46.7 Å². The summed E-state index contributed by atoms with van der Waals surface area (Å²) >= 11 is 1.73. The van der Waals surface area contributed by atoms with Crippen molar-refractivity contribution in [2.75, 3.05) is 25.3 Å². The minimum Gasteiger partial charge on any atom is -0.497 e. The first-order chi connectivity index (χ1) is 14.1. The standard InChI is InChI=1S/C21H23N3O4S/c1-14-6-9-16(10-7-14)29-12-4-5-19(25)22-21-24-23-20(28-21)17-11-8-15(26-2)13-18(17)27-3/h6-11,13H,4-5,12H2,1-3H3,(H,22,24,25). The highest BCUT2D eigenvalue weighted by molar-refractivity contribution is 7.99. The lowest BCUT2D eigenvalue weighted by Crippen LogP contribution is -2.11. The van der Waals surface area contributed by atoms with Crippen LogP contribution in [0.2, 0.25) is 0 Å². The Morgan fingerprint density at radius 2 is 1.90 bits per heavy atom. The zero-order valence-corrected chi connectivity index (χ0v) is 17.4. The first-order valence-electron chi connectivity index (χ1n) is 9.14. The number of nitrogens with one attached hydrogen (secondary N) is 1. The Morgan fingerprint density at radius 3 is 2.62 bits per heavy atom. The van der Waals surface area contributed by atoms with Crippen molar-refractivity contribution in [3.05, 3.63) is 48.0 Å². The lowest BCUT2D eigenvalue weighted by Gasteiger charge is -2.07. The summed E-state index contributed by atoms with van der Waals surface area (Å²) in [6.07, 6.45) is 1.13. The summed E-state index contributed by atoms with van der Waals surface area (Å²) in [4.78, 5) is 13.3. The predicted molar refractivity (Wildman–Crippen MR) is 113 cm³/mol. The van der Waals surface area contributed by atoms with Crippen molar-refractivity contribution in [1.29, 1.82) is 0 Å². The van der Waals surface area contributed by atoms with Crippen LogP contribution in [0.15, 0.2) is 51.8 Å². The van der Waals surface area contributed by atoms with Gasteiger partial charge in [-0.15, -0.1) is 16.9 Å². The lowest BCUT2D eigenvalue weighted by atomic mass is 10.2. The first kappa shape index (κ1) is 20.7. The van der Waals surface area contributed by atoms with Gasteiger partial charge in [0.15, 0.2) is 0 Å². The number of benzene rings is 2. The van der Waals surface area contributed by atoms with Gasteiger partial charge in [0.2, 0.25) is 5.91 Å². The van der Waals surface area contributed by atoms with Crippen LogP contribution >= 0.6 is 11.8 Å². The molecule has 0 unspecified atom stereocenters. The number of carbonyl (C=O) groups excluding carboxylic acids is 1. The molecular formula is C21H23N3O4S. The number of nitrogens with zero attached hydrogens (tertiary/aromatic N) is 2. The molecule has 0 radical (unpaired) electrons. The average molecular weight is 413 g/mol. The summed E-state index contributed by atoms with van der Waals surface area (Å²) in [6, 6.07) is 13.7. The Labute approximate surface area is 173 Å². The number of hydrogen-bond donors (Lipinski definition) is 1. The third-order valence-electron chi connectivity index (χ3n) is 4.15. The molecule has 0 saturated heterocycles. The number of aromatic nitrogens is 2. The van der Waals surface area contributed by atoms with Crippen LogP contribution in [-0.4, -0.2) is 36.1 Å². The molecule has 0 aliphatic carbocycles. The highest BCUT2D eigenvalue weighted by Gasteiger charge is 2.15. The van der Waals surface area contributed by atoms with Crippen LogP contribution in [-0.2, 0) is 4.79 Å². The molecule has 0 aliphatic heterocycles. The van der Waals surface area contributed by atoms with E-state index < -0.39 is 0 Å². The summed E-state index contributed by atoms with van der Waals surface area (Å²) in [5.74, 6) is 2.15. The number of thioether (sulfide) groups is 1. The molecule has 2 aromatic carbocycles. The number of aryl methyl sites for hydroxylation is 1. The topological polar surface area (TPSA) is 86.5 Å². The van der Waals surface area contributed by atoms with E-state index in [1.54, 1.807) is 44.2 Å². The van der Waals surface area contributed by atoms with Crippen molar-refractivity contribution in [3.63, 3.8) is 0 Å². The van der Waals surface area contributed by atoms with Crippen LogP contribution in [0.5, 0.6) is 11.5 Å². The maximum Gasteiger partial charge on any atom is 0.322 e. The van der Waals surface area contributed by atoms with Gasteiger partial charge >= 0.3 is 6.01 Å². The van der Waals surface area contributed by atoms with Crippen molar-refractivity contribution < 1.29 is 18.7 Å². The number of carbonyl (C=O) groups is 1. The summed E-state index contributed by atoms with van der Waals surface area (Å²) < 4.78 is 16.1. The third kappa shape index (κ3) is 5.74. The zero-order valence-electron chi connectivity index (χ0n) is 16.6. The number of hydrogen-bond acceptors (Lipinski definition) is 7. The second-order valence-corrected chi connectivity index (χ2v) is 7.46. The first-order valence-corrected chi connectivity index (χ1v) is 10.1. The van der Waals surface area contributed by atoms with Gasteiger partial charge in [0, 0.05) is 17.4 Å². The Balaban J connectivity index is 1.50. The van der Waals surface area contributed by atoms with Gasteiger partial charge < -0.3 is 13.9 Å². The molecule has 0 spiro atoms. The van der Waals surface area contributed by atoms with E-state index in [-0.39, 0.29) is 17.8 Å². The lowest BCUT2D eigenvalue weighted by molar-refractivity contribution is -0.116. The van der Waals surface area contributed by atoms with Crippen molar-refractivity contribution >= 4 is 23.7 Å². The second-order valence-electron chi connectivity index (χ2n) is 6.29. The van der Waals surface area contributed by atoms with Crippen LogP contribution in [0.4, 0.5) is 6.01 Å². The van der Waals surface area contributed by atoms with E-state index in [1.807, 2.05) is 0 Å². The molecule has 8 heteroatoms. The number of rotatable bonds is 9. The van der Waals surface area contributed by atoms with E-state index in [0.29, 0.717) is 23.5 Å². The highest BCUT2D eigenvalue weighted by atomic mass is 32.2. The summed E-state index contributed by atoms with van der Waals surface area (Å²) in [7, 11) is 3.13. The summed E-state index contributed by atoms with van der Waals surface area (Å²) in [5, 5.41) is 10.5. The van der Waals surface area contributed by atoms with Crippen molar-refractivity contribution in [2.45, 2.75) is 24.7 Å². The smallest absolute Gasteiger partial charge is 0.322 e. The summed E-state index contributed by atoms with van der Waals surface area (Å²) in [5.41, 5.74) is 1.86. The normalized spacial score (nSPS) is 10.6. The largest absolute Gasteiger partial charge is 0.497 e. The number of methoxy groups -OCH3 is 2. The molecule has 29 heavy (non-hydrogen) atoms. The van der Waals surface area contributed by atoms with Crippen LogP contribution in [0, 0.1) is 6.92 Å². The van der Waals surface area contributed by atoms with Gasteiger partial charge in [-0.25, -0.2) is 0 Å². The van der Waals surface area contributed by atoms with Gasteiger partial charge in [-0.2, -0.15) is 0 Å². The molecule has 1 aromatic heterocycles. The van der Waals surface area contributed by atoms with Crippen LogP contribution < -0.4 is 14.8 Å². The molecule has 0 aliphatic rings. The van der Waals surface area contributed by atoms with Crippen LogP contribution in [0.1, 0.15) is 18.4 Å². The van der Waals surface area contributed by atoms with E-state index >= 15 is 0 Å². The molecule has 152 valence electrons. The third-order valence-corrected chi connectivity index (χ3v) is 5.25. The number of anilines is 1. The fourth-order valence-electron chi connectivity index (χ4n) is 2.60. The van der Waals surface area contributed by atoms with Gasteiger partial charge in [-0.05, 0) is 43.4 Å². The molecule has 1 heterocycles. The minimum atomic E-state index is -0.161. The molecule has 0 bridgehead atoms. The molecule has 0 saturated carbocycles. The van der Waals surface area contributed by atoms with Crippen molar-refractivity contribution in [2.24, 2.45) is 0 Å². The Bertz CT molecular complexity index is 957. The van der Waals surface area contributed by atoms with Gasteiger partial charge in [0.05, 0.1) is 19.8 Å². The fourth-order valence-corrected chi connectivity index (χ4v) is 3.45. The molecule has 3 rings (SSSR count). The van der Waals surface area contributed by atoms with Gasteiger partial charge in [0.1, 0.15) is 11.5 Å². The number of ether oxygens (including phenoxy) is 2. The predicted octanol–water partition coefficient (Wildman–Crippen LogP) is 4.57. The van der Waals surface area contributed by atoms with E-state index in [1.165, 1.54) is 10.5 Å². The molecule has 1 amide bonds. The van der Waals surface area contributed by atoms with Crippen molar-refractivity contribution in [1.82, 2.24) is 10.2 Å². The molecule has 7 nitrogen and oxygen atoms in total. The Hall–Kier alpha value is -3.00. The maximum atomic E-state index is 12.1. The highest BCUT2D eigenvalue weighted by Crippen LogP contribution is 2.33. The Morgan fingerprint density at radius 1 is 1.10 bits per heavy atom. The molecule has 0 fully saturated rings. The fraction of sp³-hybridized carbons (Fsp3) is 0.286. The van der Waals surface area contributed by atoms with E-state index in [4.69, 9.17) is 13.9 Å². The van der Waals surface area contributed by atoms with Crippen LogP contribution in [0.25, 0.3) is 11.5 Å². The van der Waals surface area contributed by atoms with Crippen molar-refractivity contribution in [3.8, 4) is 23.0 Å². The zero-order chi connectivity index (χ0) is 20.6. The van der Waals surface area contributed by atoms with Gasteiger partial charge in [-0.1, -0.05) is 22.8 Å². The average Bonchev–Trinajstić information content (AvgIpc) is 3.20. The SMILES string of the molecule is COc1ccc(-c2nnc(NC(=O)CCCSc3ccc(C)cc3)o2)c(OC)c1. The second kappa shape index (κ2) is 9.97. The Kier molecular flexibility index (Phi) is 7.13. The molecular weight excluding hydrogens is 390 g/mol. The quantitative estimate of drug-likeness (QED) is 0.406. The van der Waals surface area contributed by atoms with Crippen LogP contribution in [0.3, 0.4) is 0 Å². The van der Waals surface area contributed by atoms with Gasteiger partial charge in [-0.3, -0.25) is 10.1 Å². The molecule has 0 atom stereocenters. The number of amides is 1. The van der Waals surface area contributed by atoms with E-state index in [0.717, 1.165) is 12.2 Å². The maximum absolute atomic E-state index is 12.1. The van der Waals surface area contributed by atoms with Gasteiger partial charge in [0.25, 0.3) is 5.89 Å². The molecule has 1 N–H and O–H groups in total.